The van der Waals surface area contributed by atoms with E-state index in [0.717, 1.165) is 10.9 Å². The molecule has 0 fully saturated rings. The number of carboxylic acids is 2. The third-order valence-electron chi connectivity index (χ3n) is 16.7. The van der Waals surface area contributed by atoms with E-state index in [-0.39, 0.29) is 70.3 Å². The Bertz CT molecular complexity index is 3260. The normalized spacial score (nSPS) is 15.2. The third kappa shape index (κ3) is 29.1. The molecule has 0 aliphatic carbocycles. The standard InChI is InChI=1S/C68H106N16O16/c1-10-38(6)56(67(98)76-41(9)59(90)80-52(34-43-35-73-46-23-15-14-22-44(43)46)63(94)81-50(32-36(2)3)64(95)83-55(37(4)5)66(97)79-49(68(99)100)25-17-19-31-70)84-65(96)51(33-42-20-12-11-13-21-42)82-62(93)48(27-29-54(86)87)78-61(92)47(24-16-18-30-69)77-58(89)40(8)74-57(88)39(7)75-60(91)45(71)26-28-53(72)85/h11-15,20-23,35-41,45,47-52,55-56,73H,10,16-19,24-34,69-71H2,1-9H3,(H2,72,85)(H,74,88)(H,75,91)(H,76,98)(H,77,89)(H,78,92)(H,79,97)(H,80,90)(H,81,94)(H,82,93)(H,83,95)(H,84,96)(H,86,87)(H,99,100)/t38-,39-,40-,41-,45-,47-,48-,49-,50-,51-,52-,55-,56-/m0/s1. The van der Waals surface area contributed by atoms with Gasteiger partial charge in [-0.25, -0.2) is 4.79 Å². The molecule has 0 saturated carbocycles. The van der Waals surface area contributed by atoms with Crippen molar-refractivity contribution < 1.29 is 77.3 Å². The van der Waals surface area contributed by atoms with Crippen molar-refractivity contribution in [3.05, 3.63) is 71.9 Å². The summed E-state index contributed by atoms with van der Waals surface area (Å²) in [5, 5.41) is 49.0. The molecule has 22 N–H and O–H groups in total. The van der Waals surface area contributed by atoms with Crippen LogP contribution in [0.1, 0.15) is 150 Å². The van der Waals surface area contributed by atoms with Crippen molar-refractivity contribution in [2.45, 2.75) is 225 Å². The highest BCUT2D eigenvalue weighted by atomic mass is 16.4. The van der Waals surface area contributed by atoms with Crippen molar-refractivity contribution in [3.63, 3.8) is 0 Å². The largest absolute Gasteiger partial charge is 0.481 e. The van der Waals surface area contributed by atoms with Crippen molar-refractivity contribution in [2.24, 2.45) is 40.7 Å². The predicted molar refractivity (Wildman–Crippen MR) is 371 cm³/mol. The highest BCUT2D eigenvalue weighted by Gasteiger charge is 2.38. The molecule has 0 bridgehead atoms. The van der Waals surface area contributed by atoms with Crippen LogP contribution in [-0.4, -0.2) is 184 Å². The fourth-order valence-corrected chi connectivity index (χ4v) is 10.5. The van der Waals surface area contributed by atoms with Crippen LogP contribution in [0.4, 0.5) is 0 Å². The Morgan fingerprint density at radius 2 is 0.890 bits per heavy atom. The number of primary amides is 1. The van der Waals surface area contributed by atoms with Crippen LogP contribution in [0.3, 0.4) is 0 Å². The zero-order chi connectivity index (χ0) is 74.9. The van der Waals surface area contributed by atoms with Crippen LogP contribution in [0.2, 0.25) is 0 Å². The van der Waals surface area contributed by atoms with Crippen molar-refractivity contribution in [1.82, 2.24) is 63.5 Å². The second kappa shape index (κ2) is 43.1. The van der Waals surface area contributed by atoms with Crippen molar-refractivity contribution in [2.75, 3.05) is 13.1 Å². The molecule has 3 aromatic rings. The topological polar surface area (TPSA) is 532 Å². The van der Waals surface area contributed by atoms with Gasteiger partial charge in [0.2, 0.25) is 70.9 Å². The first-order valence-corrected chi connectivity index (χ1v) is 34.0. The lowest BCUT2D eigenvalue weighted by Gasteiger charge is -2.29. The Kier molecular flexibility index (Phi) is 36.5. The van der Waals surface area contributed by atoms with Gasteiger partial charge in [-0.05, 0) is 127 Å². The number of nitrogens with one attached hydrogen (secondary N) is 12. The van der Waals surface area contributed by atoms with Crippen LogP contribution in [-0.2, 0) is 80.0 Å². The van der Waals surface area contributed by atoms with Crippen LogP contribution in [0.25, 0.3) is 10.9 Å². The maximum Gasteiger partial charge on any atom is 0.326 e. The van der Waals surface area contributed by atoms with Gasteiger partial charge in [-0.3, -0.25) is 62.3 Å². The summed E-state index contributed by atoms with van der Waals surface area (Å²) in [6.45, 7) is 14.8. The number of carboxylic acid groups (broad SMARTS) is 2. The number of nitrogens with two attached hydrogens (primary N) is 4. The minimum atomic E-state index is -1.65. The Morgan fingerprint density at radius 3 is 1.44 bits per heavy atom. The number of para-hydroxylation sites is 1. The lowest BCUT2D eigenvalue weighted by atomic mass is 9.96. The van der Waals surface area contributed by atoms with E-state index in [1.54, 1.807) is 76.4 Å². The number of hydrogen-bond acceptors (Lipinski definition) is 17. The number of carbonyl (C=O) groups is 14. The van der Waals surface area contributed by atoms with Gasteiger partial charge in [-0.2, -0.15) is 0 Å². The average molecular weight is 1400 g/mol. The number of rotatable bonds is 46. The van der Waals surface area contributed by atoms with Gasteiger partial charge in [-0.1, -0.05) is 96.5 Å². The van der Waals surface area contributed by atoms with Crippen LogP contribution in [0, 0.1) is 17.8 Å². The fourth-order valence-electron chi connectivity index (χ4n) is 10.5. The molecule has 0 radical (unpaired) electrons. The molecule has 12 amide bonds. The van der Waals surface area contributed by atoms with Gasteiger partial charge in [0.25, 0.3) is 0 Å². The SMILES string of the molecule is CC[C@H](C)[C@H](NC(=O)[C@H](Cc1ccccc1)NC(=O)[C@H](CCC(=O)O)NC(=O)[C@H](CCCCN)NC(=O)[C@H](C)NC(=O)[C@H](C)NC(=O)[C@@H](N)CCC(N)=O)C(=O)N[C@@H](C)C(=O)N[C@@H](Cc1c[nH]c2ccccc12)C(=O)N[C@@H](CC(C)C)C(=O)N[C@H](C(=O)N[C@@H](CCCCN)C(=O)O)C(C)C. The lowest BCUT2D eigenvalue weighted by Crippen LogP contribution is -2.61. The van der Waals surface area contributed by atoms with Crippen LogP contribution >= 0.6 is 0 Å². The summed E-state index contributed by atoms with van der Waals surface area (Å²) in [5.41, 5.74) is 24.1. The number of benzene rings is 2. The van der Waals surface area contributed by atoms with E-state index in [0.29, 0.717) is 36.9 Å². The minimum Gasteiger partial charge on any atom is -0.481 e. The number of aromatic amines is 1. The van der Waals surface area contributed by atoms with E-state index in [9.17, 15) is 77.3 Å². The molecule has 0 saturated heterocycles. The maximum absolute atomic E-state index is 14.7. The number of amides is 12. The van der Waals surface area contributed by atoms with Gasteiger partial charge in [0, 0.05) is 42.8 Å². The lowest BCUT2D eigenvalue weighted by molar-refractivity contribution is -0.143. The third-order valence-corrected chi connectivity index (χ3v) is 16.7. The number of aliphatic carboxylic acids is 2. The molecule has 3 rings (SSSR count). The predicted octanol–water partition coefficient (Wildman–Crippen LogP) is -1.11. The molecule has 32 nitrogen and oxygen atoms in total. The maximum atomic E-state index is 14.7. The van der Waals surface area contributed by atoms with Gasteiger partial charge in [-0.15, -0.1) is 0 Å². The molecule has 1 aromatic heterocycles. The number of aromatic nitrogens is 1. The highest BCUT2D eigenvalue weighted by Crippen LogP contribution is 2.21. The Labute approximate surface area is 582 Å². The number of H-pyrrole nitrogens is 1. The molecular formula is C68H106N16O16. The molecule has 0 spiro atoms. The van der Waals surface area contributed by atoms with E-state index in [1.165, 1.54) is 20.8 Å². The highest BCUT2D eigenvalue weighted by molar-refractivity contribution is 6.00. The summed E-state index contributed by atoms with van der Waals surface area (Å²) in [7, 11) is 0. The van der Waals surface area contributed by atoms with Gasteiger partial charge < -0.3 is 96.6 Å². The summed E-state index contributed by atoms with van der Waals surface area (Å²) < 4.78 is 0. The first kappa shape index (κ1) is 84.7. The van der Waals surface area contributed by atoms with Crippen molar-refractivity contribution >= 4 is 93.7 Å². The number of carbonyl (C=O) groups excluding carboxylic acids is 12. The summed E-state index contributed by atoms with van der Waals surface area (Å²) in [5.74, 6) is -14.0. The average Bonchev–Trinajstić information content (AvgIpc) is 1.61. The van der Waals surface area contributed by atoms with Crippen molar-refractivity contribution in [1.29, 1.82) is 0 Å². The van der Waals surface area contributed by atoms with E-state index >= 15 is 0 Å². The van der Waals surface area contributed by atoms with Gasteiger partial charge in [0.15, 0.2) is 0 Å². The van der Waals surface area contributed by atoms with Crippen LogP contribution in [0.15, 0.2) is 60.8 Å². The molecule has 0 aliphatic heterocycles. The van der Waals surface area contributed by atoms with E-state index < -0.39 is 180 Å². The molecule has 32 heteroatoms. The molecule has 554 valence electrons. The number of hydrogen-bond donors (Lipinski definition) is 18. The molecule has 100 heavy (non-hydrogen) atoms. The zero-order valence-corrected chi connectivity index (χ0v) is 58.7. The second-order valence-electron chi connectivity index (χ2n) is 26.0. The smallest absolute Gasteiger partial charge is 0.326 e. The van der Waals surface area contributed by atoms with Crippen molar-refractivity contribution in [3.8, 4) is 0 Å². The summed E-state index contributed by atoms with van der Waals surface area (Å²) >= 11 is 0. The number of unbranched alkanes of at least 4 members (excludes halogenated alkanes) is 2. The minimum absolute atomic E-state index is 0.0443. The molecule has 0 aliphatic rings. The van der Waals surface area contributed by atoms with E-state index in [1.807, 2.05) is 26.0 Å². The van der Waals surface area contributed by atoms with E-state index in [4.69, 9.17) is 22.9 Å². The Balaban J connectivity index is 1.93. The zero-order valence-electron chi connectivity index (χ0n) is 58.7. The molecule has 1 heterocycles. The van der Waals surface area contributed by atoms with Gasteiger partial charge in [0.05, 0.1) is 6.04 Å². The monoisotopic (exact) mass is 1400 g/mol. The van der Waals surface area contributed by atoms with Gasteiger partial charge in [0.1, 0.15) is 66.5 Å². The quantitative estimate of drug-likeness (QED) is 0.0298. The first-order valence-electron chi connectivity index (χ1n) is 34.0. The first-order chi connectivity index (χ1) is 47.2. The molecule has 0 unspecified atom stereocenters. The summed E-state index contributed by atoms with van der Waals surface area (Å²) in [6.07, 6.45) is 1.93. The molecule has 13 atom stereocenters. The fraction of sp³-hybridized carbons (Fsp3) is 0.588. The second-order valence-corrected chi connectivity index (χ2v) is 26.0. The van der Waals surface area contributed by atoms with Crippen LogP contribution in [0.5, 0.6) is 0 Å². The van der Waals surface area contributed by atoms with Crippen LogP contribution < -0.4 is 81.4 Å². The van der Waals surface area contributed by atoms with Gasteiger partial charge >= 0.3 is 11.9 Å². The molecule has 2 aromatic carbocycles. The van der Waals surface area contributed by atoms with E-state index in [2.05, 4.69) is 63.5 Å². The Morgan fingerprint density at radius 1 is 0.450 bits per heavy atom. The number of fused-ring (bicyclic) bond motifs is 1. The Hall–Kier alpha value is -9.56. The summed E-state index contributed by atoms with van der Waals surface area (Å²) in [4.78, 5) is 193. The molecular weight excluding hydrogens is 1300 g/mol. The summed E-state index contributed by atoms with van der Waals surface area (Å²) in [6, 6.07) is -0.613.